The van der Waals surface area contributed by atoms with E-state index in [0.717, 1.165) is 9.99 Å². The number of fused-ring (bicyclic) bond motifs is 1. The van der Waals surface area contributed by atoms with Crippen LogP contribution >= 0.6 is 32.1 Å². The standard InChI is InChI=1S/C8H2Br2N2O4/c9-5-1-3-4(2-6(5)12(15)16)8(14)11(10)7(3)13/h1-2H. The zero-order chi connectivity index (χ0) is 12.0. The van der Waals surface area contributed by atoms with Crippen molar-refractivity contribution in [3.63, 3.8) is 0 Å². The molecule has 0 aliphatic carbocycles. The summed E-state index contributed by atoms with van der Waals surface area (Å²) in [5, 5.41) is 10.6. The van der Waals surface area contributed by atoms with Gasteiger partial charge in [0.2, 0.25) is 0 Å². The molecule has 0 unspecified atom stereocenters. The summed E-state index contributed by atoms with van der Waals surface area (Å²) < 4.78 is 0.911. The zero-order valence-corrected chi connectivity index (χ0v) is 10.6. The molecule has 82 valence electrons. The number of hydrogen-bond acceptors (Lipinski definition) is 4. The van der Waals surface area contributed by atoms with Crippen LogP contribution in [0.3, 0.4) is 0 Å². The lowest BCUT2D eigenvalue weighted by atomic mass is 10.1. The maximum atomic E-state index is 11.5. The number of carbonyl (C=O) groups is 2. The summed E-state index contributed by atoms with van der Waals surface area (Å²) in [5.41, 5.74) is -0.0844. The van der Waals surface area contributed by atoms with Gasteiger partial charge in [0.1, 0.15) is 0 Å². The number of halogens is 2. The van der Waals surface area contributed by atoms with E-state index < -0.39 is 16.7 Å². The molecular weight excluding hydrogens is 348 g/mol. The van der Waals surface area contributed by atoms with Crippen LogP contribution in [0.5, 0.6) is 0 Å². The van der Waals surface area contributed by atoms with Crippen LogP contribution in [0.4, 0.5) is 5.69 Å². The fourth-order valence-electron chi connectivity index (χ4n) is 1.36. The first-order valence-corrected chi connectivity index (χ1v) is 5.46. The molecule has 1 aliphatic heterocycles. The quantitative estimate of drug-likeness (QED) is 0.337. The van der Waals surface area contributed by atoms with Crippen LogP contribution in [-0.4, -0.2) is 20.7 Å². The van der Waals surface area contributed by atoms with Crippen molar-refractivity contribution in [2.75, 3.05) is 0 Å². The molecule has 0 fully saturated rings. The van der Waals surface area contributed by atoms with E-state index >= 15 is 0 Å². The number of nitro groups is 1. The van der Waals surface area contributed by atoms with E-state index in [1.54, 1.807) is 0 Å². The summed E-state index contributed by atoms with van der Waals surface area (Å²) in [6.45, 7) is 0. The fraction of sp³-hybridized carbons (Fsp3) is 0. The summed E-state index contributed by atoms with van der Waals surface area (Å²) in [4.78, 5) is 33.0. The van der Waals surface area contributed by atoms with Gasteiger partial charge in [-0.25, -0.2) is 3.93 Å². The molecule has 2 rings (SSSR count). The van der Waals surface area contributed by atoms with Crippen molar-refractivity contribution < 1.29 is 14.5 Å². The highest BCUT2D eigenvalue weighted by atomic mass is 79.9. The van der Waals surface area contributed by atoms with Crippen molar-refractivity contribution in [3.05, 3.63) is 37.8 Å². The molecule has 2 amide bonds. The van der Waals surface area contributed by atoms with Crippen molar-refractivity contribution in [2.45, 2.75) is 0 Å². The normalized spacial score (nSPS) is 14.2. The number of imide groups is 1. The van der Waals surface area contributed by atoms with E-state index in [4.69, 9.17) is 0 Å². The Morgan fingerprint density at radius 2 is 1.69 bits per heavy atom. The van der Waals surface area contributed by atoms with E-state index in [1.807, 2.05) is 0 Å². The minimum atomic E-state index is -0.626. The number of amides is 2. The molecule has 1 aliphatic rings. The fourth-order valence-corrected chi connectivity index (χ4v) is 2.23. The number of rotatable bonds is 1. The molecule has 0 N–H and O–H groups in total. The van der Waals surface area contributed by atoms with E-state index in [-0.39, 0.29) is 21.3 Å². The van der Waals surface area contributed by atoms with Crippen LogP contribution in [0.1, 0.15) is 20.7 Å². The Labute approximate surface area is 106 Å². The van der Waals surface area contributed by atoms with Crippen molar-refractivity contribution in [2.24, 2.45) is 0 Å². The molecule has 1 heterocycles. The molecule has 0 atom stereocenters. The van der Waals surface area contributed by atoms with Crippen molar-refractivity contribution in [3.8, 4) is 0 Å². The van der Waals surface area contributed by atoms with Crippen LogP contribution in [0.15, 0.2) is 16.6 Å². The largest absolute Gasteiger partial charge is 0.284 e. The Balaban J connectivity index is 2.70. The van der Waals surface area contributed by atoms with Gasteiger partial charge in [-0.15, -0.1) is 0 Å². The first-order valence-electron chi connectivity index (χ1n) is 3.96. The molecule has 0 aromatic heterocycles. The molecule has 1 aromatic carbocycles. The van der Waals surface area contributed by atoms with E-state index in [2.05, 4.69) is 32.1 Å². The van der Waals surface area contributed by atoms with Gasteiger partial charge in [-0.1, -0.05) is 0 Å². The monoisotopic (exact) mass is 348 g/mol. The topological polar surface area (TPSA) is 80.5 Å². The summed E-state index contributed by atoms with van der Waals surface area (Å²) >= 11 is 5.76. The Kier molecular flexibility index (Phi) is 2.55. The van der Waals surface area contributed by atoms with Gasteiger partial charge in [-0.2, -0.15) is 0 Å². The van der Waals surface area contributed by atoms with Crippen LogP contribution in [0.2, 0.25) is 0 Å². The smallest absolute Gasteiger partial charge is 0.268 e. The third kappa shape index (κ3) is 1.45. The maximum absolute atomic E-state index is 11.5. The van der Waals surface area contributed by atoms with Crippen molar-refractivity contribution in [1.29, 1.82) is 0 Å². The van der Waals surface area contributed by atoms with Gasteiger partial charge in [-0.3, -0.25) is 19.7 Å². The second-order valence-corrected chi connectivity index (χ2v) is 4.56. The second-order valence-electron chi connectivity index (χ2n) is 3.00. The Morgan fingerprint density at radius 1 is 1.19 bits per heavy atom. The van der Waals surface area contributed by atoms with Crippen LogP contribution in [-0.2, 0) is 0 Å². The predicted octanol–water partition coefficient (Wildman–Crippen LogP) is 2.26. The van der Waals surface area contributed by atoms with E-state index in [9.17, 15) is 19.7 Å². The molecule has 8 heteroatoms. The Hall–Kier alpha value is -1.28. The van der Waals surface area contributed by atoms with Gasteiger partial charge in [0.15, 0.2) is 0 Å². The van der Waals surface area contributed by atoms with Crippen molar-refractivity contribution in [1.82, 2.24) is 3.93 Å². The number of hydrogen-bond donors (Lipinski definition) is 0. The highest BCUT2D eigenvalue weighted by Crippen LogP contribution is 2.34. The van der Waals surface area contributed by atoms with Gasteiger partial charge < -0.3 is 0 Å². The lowest BCUT2D eigenvalue weighted by Crippen LogP contribution is -2.17. The summed E-state index contributed by atoms with van der Waals surface area (Å²) in [7, 11) is 0. The number of nitrogens with zero attached hydrogens (tertiary/aromatic N) is 2. The first-order chi connectivity index (χ1) is 7.43. The van der Waals surface area contributed by atoms with Crippen LogP contribution in [0, 0.1) is 10.1 Å². The van der Waals surface area contributed by atoms with Crippen molar-refractivity contribution >= 4 is 49.6 Å². The summed E-state index contributed by atoms with van der Waals surface area (Å²) in [5.74, 6) is -1.13. The van der Waals surface area contributed by atoms with Gasteiger partial charge in [-0.05, 0) is 22.0 Å². The molecule has 1 aromatic rings. The minimum Gasteiger partial charge on any atom is -0.268 e. The molecule has 0 bridgehead atoms. The zero-order valence-electron chi connectivity index (χ0n) is 7.44. The van der Waals surface area contributed by atoms with Crippen LogP contribution < -0.4 is 0 Å². The lowest BCUT2D eigenvalue weighted by molar-refractivity contribution is -0.385. The van der Waals surface area contributed by atoms with Gasteiger partial charge >= 0.3 is 0 Å². The summed E-state index contributed by atoms with van der Waals surface area (Å²) in [6, 6.07) is 2.36. The maximum Gasteiger partial charge on any atom is 0.284 e. The predicted molar refractivity (Wildman–Crippen MR) is 60.2 cm³/mol. The van der Waals surface area contributed by atoms with E-state index in [0.29, 0.717) is 0 Å². The van der Waals surface area contributed by atoms with Gasteiger partial charge in [0.05, 0.1) is 36.7 Å². The lowest BCUT2D eigenvalue weighted by Gasteiger charge is -1.98. The summed E-state index contributed by atoms with van der Waals surface area (Å²) in [6.07, 6.45) is 0. The minimum absolute atomic E-state index is 0.0248. The highest BCUT2D eigenvalue weighted by molar-refractivity contribution is 9.10. The molecule has 6 nitrogen and oxygen atoms in total. The Bertz CT molecular complexity index is 543. The average molecular weight is 350 g/mol. The SMILES string of the molecule is O=C1c2cc(Br)c([N+](=O)[O-])cc2C(=O)N1Br. The third-order valence-corrected chi connectivity index (χ3v) is 3.38. The Morgan fingerprint density at radius 3 is 2.19 bits per heavy atom. The van der Waals surface area contributed by atoms with Crippen LogP contribution in [0.25, 0.3) is 0 Å². The van der Waals surface area contributed by atoms with Gasteiger partial charge in [0, 0.05) is 6.07 Å². The van der Waals surface area contributed by atoms with E-state index in [1.165, 1.54) is 6.07 Å². The number of benzene rings is 1. The molecule has 0 spiro atoms. The molecule has 0 radical (unpaired) electrons. The second kappa shape index (κ2) is 3.63. The average Bonchev–Trinajstić information content (AvgIpc) is 2.43. The third-order valence-electron chi connectivity index (χ3n) is 2.10. The first kappa shape index (κ1) is 11.2. The molecule has 0 saturated heterocycles. The number of nitro benzene ring substituents is 1. The highest BCUT2D eigenvalue weighted by Gasteiger charge is 2.36. The number of carbonyl (C=O) groups excluding carboxylic acids is 2. The van der Waals surface area contributed by atoms with Gasteiger partial charge in [0.25, 0.3) is 17.5 Å². The molecule has 16 heavy (non-hydrogen) atoms. The molecule has 0 saturated carbocycles. The molecular formula is C8H2Br2N2O4.